The number of sulfonamides is 1. The average molecular weight is 554 g/mol. The summed E-state index contributed by atoms with van der Waals surface area (Å²) in [5.74, 6) is 0.0779. The summed E-state index contributed by atoms with van der Waals surface area (Å²) in [6, 6.07) is 19.7. The van der Waals surface area contributed by atoms with Gasteiger partial charge >= 0.3 is 0 Å². The van der Waals surface area contributed by atoms with E-state index in [2.05, 4.69) is 6.92 Å². The van der Waals surface area contributed by atoms with Crippen molar-refractivity contribution in [2.45, 2.75) is 38.1 Å². The van der Waals surface area contributed by atoms with Crippen molar-refractivity contribution in [2.24, 2.45) is 5.92 Å². The molecule has 0 radical (unpaired) electrons. The molecule has 0 saturated carbocycles. The van der Waals surface area contributed by atoms with Crippen LogP contribution in [0.15, 0.2) is 71.6 Å². The van der Waals surface area contributed by atoms with Crippen molar-refractivity contribution in [1.82, 2.24) is 9.29 Å². The molecule has 192 valence electrons. The number of carbonyl (C=O) groups is 1. The van der Waals surface area contributed by atoms with Crippen LogP contribution in [0, 0.1) is 12.8 Å². The molecule has 1 aliphatic heterocycles. The van der Waals surface area contributed by atoms with Crippen molar-refractivity contribution < 1.29 is 13.2 Å². The molecule has 9 heteroatoms. The molecule has 3 aromatic carbocycles. The van der Waals surface area contributed by atoms with Crippen LogP contribution in [-0.2, 0) is 16.6 Å². The van der Waals surface area contributed by atoms with Gasteiger partial charge in [0, 0.05) is 18.7 Å². The highest BCUT2D eigenvalue weighted by Gasteiger charge is 2.29. The number of thiazole rings is 1. The molecule has 37 heavy (non-hydrogen) atoms. The molecule has 4 aromatic rings. The van der Waals surface area contributed by atoms with Gasteiger partial charge in [0.05, 0.1) is 26.7 Å². The third-order valence-corrected chi connectivity index (χ3v) is 10.1. The second-order valence-electron chi connectivity index (χ2n) is 9.55. The Kier molecular flexibility index (Phi) is 7.36. The highest BCUT2D eigenvalue weighted by Crippen LogP contribution is 2.37. The predicted molar refractivity (Wildman–Crippen MR) is 150 cm³/mol. The summed E-state index contributed by atoms with van der Waals surface area (Å²) in [6.07, 6.45) is 1.89. The topological polar surface area (TPSA) is 70.6 Å². The van der Waals surface area contributed by atoms with Crippen molar-refractivity contribution >= 4 is 54.2 Å². The van der Waals surface area contributed by atoms with Crippen LogP contribution in [0.1, 0.15) is 41.3 Å². The Hall–Kier alpha value is -2.78. The zero-order valence-corrected chi connectivity index (χ0v) is 23.1. The summed E-state index contributed by atoms with van der Waals surface area (Å²) in [6.45, 7) is 5.41. The lowest BCUT2D eigenvalue weighted by Crippen LogP contribution is -2.39. The van der Waals surface area contributed by atoms with Crippen molar-refractivity contribution in [1.29, 1.82) is 0 Å². The summed E-state index contributed by atoms with van der Waals surface area (Å²) >= 11 is 7.82. The fourth-order valence-corrected chi connectivity index (χ4v) is 7.55. The number of benzene rings is 3. The van der Waals surface area contributed by atoms with Gasteiger partial charge in [0.2, 0.25) is 10.0 Å². The molecule has 0 aliphatic carbocycles. The van der Waals surface area contributed by atoms with Crippen LogP contribution in [0.4, 0.5) is 5.13 Å². The Balaban J connectivity index is 1.48. The number of carbonyl (C=O) groups excluding carboxylic acids is 1. The number of amides is 1. The maximum Gasteiger partial charge on any atom is 0.260 e. The number of hydrogen-bond acceptors (Lipinski definition) is 5. The second kappa shape index (κ2) is 10.5. The maximum absolute atomic E-state index is 13.8. The van der Waals surface area contributed by atoms with E-state index in [1.54, 1.807) is 21.3 Å². The number of aromatic nitrogens is 1. The van der Waals surface area contributed by atoms with Crippen molar-refractivity contribution in [3.63, 3.8) is 0 Å². The first kappa shape index (κ1) is 25.9. The van der Waals surface area contributed by atoms with Gasteiger partial charge in [-0.25, -0.2) is 13.4 Å². The van der Waals surface area contributed by atoms with Gasteiger partial charge in [0.1, 0.15) is 0 Å². The number of fused-ring (bicyclic) bond motifs is 1. The smallest absolute Gasteiger partial charge is 0.260 e. The van der Waals surface area contributed by atoms with Crippen LogP contribution in [0.5, 0.6) is 0 Å². The van der Waals surface area contributed by atoms with Gasteiger partial charge in [-0.2, -0.15) is 4.31 Å². The van der Waals surface area contributed by atoms with Crippen molar-refractivity contribution in [2.75, 3.05) is 18.0 Å². The van der Waals surface area contributed by atoms with Gasteiger partial charge in [-0.1, -0.05) is 66.3 Å². The lowest BCUT2D eigenvalue weighted by Gasteiger charge is -2.30. The zero-order chi connectivity index (χ0) is 26.2. The molecule has 1 fully saturated rings. The summed E-state index contributed by atoms with van der Waals surface area (Å²) in [4.78, 5) is 20.4. The summed E-state index contributed by atoms with van der Waals surface area (Å²) < 4.78 is 28.7. The van der Waals surface area contributed by atoms with Crippen LogP contribution >= 0.6 is 22.9 Å². The van der Waals surface area contributed by atoms with Crippen LogP contribution in [0.3, 0.4) is 0 Å². The first-order valence-electron chi connectivity index (χ1n) is 12.3. The van der Waals surface area contributed by atoms with E-state index in [1.807, 2.05) is 49.4 Å². The number of nitrogens with zero attached hydrogens (tertiary/aromatic N) is 3. The molecule has 1 aromatic heterocycles. The van der Waals surface area contributed by atoms with Crippen molar-refractivity contribution in [3.8, 4) is 0 Å². The van der Waals surface area contributed by atoms with E-state index >= 15 is 0 Å². The number of halogens is 1. The SMILES string of the molecule is Cc1ccc(Cl)c2sc(N(Cc3ccccc3)C(=O)c3ccc(S(=O)(=O)N4CCCC(C)C4)cc3)nc12. The van der Waals surface area contributed by atoms with E-state index in [9.17, 15) is 13.2 Å². The summed E-state index contributed by atoms with van der Waals surface area (Å²) in [5, 5.41) is 1.14. The number of anilines is 1. The third kappa shape index (κ3) is 5.29. The van der Waals surface area contributed by atoms with Gasteiger partial charge in [-0.3, -0.25) is 9.69 Å². The lowest BCUT2D eigenvalue weighted by molar-refractivity contribution is 0.0985. The Bertz CT molecular complexity index is 1500. The monoisotopic (exact) mass is 553 g/mol. The molecule has 1 atom stereocenters. The molecular formula is C28H28ClN3O3S2. The van der Waals surface area contributed by atoms with E-state index < -0.39 is 10.0 Å². The molecule has 0 bridgehead atoms. The molecular weight excluding hydrogens is 526 g/mol. The first-order valence-corrected chi connectivity index (χ1v) is 14.9. The average Bonchev–Trinajstić information content (AvgIpc) is 3.36. The minimum absolute atomic E-state index is 0.204. The molecule has 1 saturated heterocycles. The van der Waals surface area contributed by atoms with E-state index in [-0.39, 0.29) is 10.8 Å². The van der Waals surface area contributed by atoms with E-state index in [4.69, 9.17) is 16.6 Å². The van der Waals surface area contributed by atoms with Gasteiger partial charge in [-0.05, 0) is 67.1 Å². The van der Waals surface area contributed by atoms with Crippen molar-refractivity contribution in [3.05, 3.63) is 88.4 Å². The summed E-state index contributed by atoms with van der Waals surface area (Å²) in [7, 11) is -3.60. The Morgan fingerprint density at radius 2 is 1.84 bits per heavy atom. The number of piperidine rings is 1. The number of rotatable bonds is 6. The maximum atomic E-state index is 13.8. The Morgan fingerprint density at radius 3 is 2.51 bits per heavy atom. The normalized spacial score (nSPS) is 16.7. The fraction of sp³-hybridized carbons (Fsp3) is 0.286. The van der Waals surface area contributed by atoms with Crippen LogP contribution in [-0.4, -0.2) is 36.7 Å². The molecule has 1 aliphatic rings. The van der Waals surface area contributed by atoms with E-state index in [0.717, 1.165) is 34.2 Å². The third-order valence-electron chi connectivity index (χ3n) is 6.70. The highest BCUT2D eigenvalue weighted by molar-refractivity contribution is 7.89. The molecule has 0 N–H and O–H groups in total. The van der Waals surface area contributed by atoms with Crippen LogP contribution in [0.25, 0.3) is 10.2 Å². The molecule has 1 unspecified atom stereocenters. The Morgan fingerprint density at radius 1 is 1.11 bits per heavy atom. The van der Waals surface area contributed by atoms with Gasteiger partial charge in [0.15, 0.2) is 5.13 Å². The summed E-state index contributed by atoms with van der Waals surface area (Å²) in [5.41, 5.74) is 3.10. The van der Waals surface area contributed by atoms with E-state index in [0.29, 0.717) is 41.3 Å². The van der Waals surface area contributed by atoms with Gasteiger partial charge in [0.25, 0.3) is 5.91 Å². The standard InChI is InChI=1S/C28H28ClN3O3S2/c1-19-7-6-16-31(17-19)37(34,35)23-13-11-22(12-14-23)27(33)32(18-21-8-4-3-5-9-21)28-30-25-20(2)10-15-24(29)26(25)36-28/h3-5,8-15,19H,6-7,16-18H2,1-2H3. The lowest BCUT2D eigenvalue weighted by atomic mass is 10.0. The highest BCUT2D eigenvalue weighted by atomic mass is 35.5. The fourth-order valence-electron chi connectivity index (χ4n) is 4.64. The predicted octanol–water partition coefficient (Wildman–Crippen LogP) is 6.53. The molecule has 1 amide bonds. The molecule has 0 spiro atoms. The Labute approximate surface area is 226 Å². The largest absolute Gasteiger partial charge is 0.279 e. The quantitative estimate of drug-likeness (QED) is 0.272. The second-order valence-corrected chi connectivity index (χ2v) is 12.9. The molecule has 5 rings (SSSR count). The number of hydrogen-bond donors (Lipinski definition) is 0. The minimum Gasteiger partial charge on any atom is -0.279 e. The van der Waals surface area contributed by atoms with Gasteiger partial charge < -0.3 is 0 Å². The van der Waals surface area contributed by atoms with Gasteiger partial charge in [-0.15, -0.1) is 0 Å². The minimum atomic E-state index is -3.60. The van der Waals surface area contributed by atoms with Crippen LogP contribution < -0.4 is 4.90 Å². The zero-order valence-electron chi connectivity index (χ0n) is 20.7. The van der Waals surface area contributed by atoms with E-state index in [1.165, 1.54) is 23.5 Å². The van der Waals surface area contributed by atoms with Crippen LogP contribution in [0.2, 0.25) is 5.02 Å². The first-order chi connectivity index (χ1) is 17.7. The molecule has 2 heterocycles. The number of aryl methyl sites for hydroxylation is 1. The molecule has 6 nitrogen and oxygen atoms in total.